The van der Waals surface area contributed by atoms with Gasteiger partial charge < -0.3 is 53.1 Å². The summed E-state index contributed by atoms with van der Waals surface area (Å²) in [6.07, 6.45) is 46.3. The molecule has 4 aliphatic carbocycles. The van der Waals surface area contributed by atoms with E-state index in [-0.39, 0.29) is 18.3 Å². The Balaban J connectivity index is -0.000000199. The molecule has 0 spiro atoms. The highest BCUT2D eigenvalue weighted by molar-refractivity contribution is 6.18. The second-order valence-corrected chi connectivity index (χ2v) is 21.4. The molecule has 4 aliphatic rings. The third-order valence-electron chi connectivity index (χ3n) is 11.5. The quantitative estimate of drug-likeness (QED) is 0.0612. The van der Waals surface area contributed by atoms with Crippen LogP contribution in [0.15, 0.2) is 138 Å². The van der Waals surface area contributed by atoms with Gasteiger partial charge in [0.2, 0.25) is 0 Å². The molecule has 5 unspecified atom stereocenters. The Labute approximate surface area is 508 Å². The van der Waals surface area contributed by atoms with Crippen molar-refractivity contribution in [3.8, 4) is 0 Å². The molecule has 5 atom stereocenters. The molecule has 0 N–H and O–H groups in total. The fourth-order valence-electron chi connectivity index (χ4n) is 6.41. The lowest BCUT2D eigenvalue weighted by molar-refractivity contribution is -0.355. The summed E-state index contributed by atoms with van der Waals surface area (Å²) in [4.78, 5) is 10.2. The summed E-state index contributed by atoms with van der Waals surface area (Å²) in [5.74, 6) is -5.45. The van der Waals surface area contributed by atoms with Gasteiger partial charge in [-0.15, -0.1) is 5.88 Å². The predicted octanol–water partition coefficient (Wildman–Crippen LogP) is 23.1. The highest BCUT2D eigenvalue weighted by atomic mass is 35.5. The van der Waals surface area contributed by atoms with Gasteiger partial charge in [-0.1, -0.05) is 203 Å². The molecule has 1 aromatic rings. The molecule has 82 heavy (non-hydrogen) atoms. The Morgan fingerprint density at radius 1 is 0.707 bits per heavy atom. The number of carbonyl (C=O) groups excluding carboxylic acids is 1. The highest BCUT2D eigenvalue weighted by Crippen LogP contribution is 2.41. The Bertz CT molecular complexity index is 1870. The van der Waals surface area contributed by atoms with E-state index in [2.05, 4.69) is 203 Å². The minimum atomic E-state index is -2.41. The smallest absolute Gasteiger partial charge is 0.275 e. The minimum absolute atomic E-state index is 0.0544. The number of methoxy groups -OCH3 is 2. The molecule has 0 saturated carbocycles. The van der Waals surface area contributed by atoms with Crippen molar-refractivity contribution in [1.82, 2.24) is 0 Å². The van der Waals surface area contributed by atoms with Crippen LogP contribution in [0.1, 0.15) is 208 Å². The summed E-state index contributed by atoms with van der Waals surface area (Å²) in [6, 6.07) is 10.5. The molecule has 0 saturated heterocycles. The van der Waals surface area contributed by atoms with Gasteiger partial charge in [-0.3, -0.25) is 4.79 Å². The monoisotopic (exact) mass is 1180 g/mol. The number of esters is 1. The number of benzene rings is 1. The standard InChI is InChI=1S/C13H22.C9H9F5.C9H14.C9H11.C7H10.C5H10O2.C5H9O2.C5H11.C4H9.C3H6Cl.C3H7/c1-5-6-11-7-9-12(10-8-11)13(2,3)4;1-2-3-4-5(10)7(12)9(14)8(13)6(4)11;2*1-2-6-9-7-4-3-5-8-9;1-7-5-3-2-4-6-7;1-4(2)5(6)7-3;1-3-4-5(6)7-2;1-4-5(2)3;1-3-4-2;1-2-3-4;1-3-2/h7,9-11H,5-6,8H2,1-4H3;4-5H,2-3H2,1H3;3-5,7,9H,2,6,8H2,1H3;2-5,7-8H,6H2,1H3;2-5,7H,6H2,1H3;6H,1-3H3;3H,4H2,1-2H3;4-5H,1-3H3;3H,4H2,1-2H3;2H,3H2,1H3;3H,1-2H3/q;;;-1;;;5*-1/p-1. The first-order chi connectivity index (χ1) is 38.8. The molecule has 478 valence electrons. The van der Waals surface area contributed by atoms with E-state index < -0.39 is 35.4 Å². The molecule has 10 heteroatoms. The number of alkyl halides is 2. The molecule has 0 amide bonds. The summed E-state index contributed by atoms with van der Waals surface area (Å²) >= 11 is 5.13. The molecule has 0 aromatic heterocycles. The van der Waals surface area contributed by atoms with Crippen molar-refractivity contribution in [2.24, 2.45) is 35.0 Å². The highest BCUT2D eigenvalue weighted by Gasteiger charge is 2.39. The number of hydrogen-bond acceptors (Lipinski definition) is 4. The first-order valence-electron chi connectivity index (χ1n) is 29.8. The summed E-state index contributed by atoms with van der Waals surface area (Å²) in [7, 11) is 2.75. The van der Waals surface area contributed by atoms with Crippen molar-refractivity contribution in [1.29, 1.82) is 0 Å². The molecule has 0 heterocycles. The first-order valence-corrected chi connectivity index (χ1v) is 30.3. The molecular formula is C72H117ClF5O4-7. The van der Waals surface area contributed by atoms with Crippen LogP contribution in [0.4, 0.5) is 22.0 Å². The molecule has 0 radical (unpaired) electrons. The van der Waals surface area contributed by atoms with E-state index in [0.717, 1.165) is 30.1 Å². The van der Waals surface area contributed by atoms with Crippen LogP contribution in [0.25, 0.3) is 0 Å². The van der Waals surface area contributed by atoms with Gasteiger partial charge >= 0.3 is 0 Å². The molecule has 0 bridgehead atoms. The Kier molecular flexibility index (Phi) is 68.4. The van der Waals surface area contributed by atoms with Crippen molar-refractivity contribution >= 4 is 17.6 Å². The zero-order chi connectivity index (χ0) is 64.3. The normalized spacial score (nSPS) is 17.7. The first kappa shape index (κ1) is 89.1. The summed E-state index contributed by atoms with van der Waals surface area (Å²) in [6.45, 7) is 39.0. The van der Waals surface area contributed by atoms with Crippen molar-refractivity contribution in [3.05, 3.63) is 182 Å². The van der Waals surface area contributed by atoms with Crippen molar-refractivity contribution < 1.29 is 41.3 Å². The number of hydrogen-bond donors (Lipinski definition) is 0. The number of rotatable bonds is 14. The zero-order valence-electron chi connectivity index (χ0n) is 55.3. The van der Waals surface area contributed by atoms with Crippen molar-refractivity contribution in [3.63, 3.8) is 0 Å². The fraction of sp³-hybridized carbons (Fsp3) is 0.569. The Hall–Kier alpha value is -4.11. The van der Waals surface area contributed by atoms with Crippen LogP contribution < -0.4 is 5.11 Å². The number of halogens is 6. The lowest BCUT2D eigenvalue weighted by Crippen LogP contribution is -2.22. The number of carbonyl (C=O) groups is 1. The van der Waals surface area contributed by atoms with Gasteiger partial charge in [0.15, 0.2) is 23.7 Å². The van der Waals surface area contributed by atoms with Crippen LogP contribution in [0, 0.1) is 73.5 Å². The predicted molar refractivity (Wildman–Crippen MR) is 348 cm³/mol. The van der Waals surface area contributed by atoms with Crippen molar-refractivity contribution in [2.75, 3.05) is 20.1 Å². The zero-order valence-corrected chi connectivity index (χ0v) is 56.0. The number of unbranched alkanes of at least 4 members (excludes halogenated alkanes) is 1. The lowest BCUT2D eigenvalue weighted by Gasteiger charge is -2.24. The van der Waals surface area contributed by atoms with Gasteiger partial charge in [-0.2, -0.15) is 78.8 Å². The van der Waals surface area contributed by atoms with Crippen LogP contribution in [-0.4, -0.2) is 32.2 Å². The molecular weight excluding hydrogens is 1060 g/mol. The van der Waals surface area contributed by atoms with Crippen LogP contribution in [0.3, 0.4) is 0 Å². The van der Waals surface area contributed by atoms with Gasteiger partial charge in [0.25, 0.3) is 5.97 Å². The van der Waals surface area contributed by atoms with E-state index in [1.54, 1.807) is 27.2 Å². The van der Waals surface area contributed by atoms with E-state index in [1.165, 1.54) is 76.7 Å². The molecule has 5 rings (SSSR count). The van der Waals surface area contributed by atoms with E-state index in [9.17, 15) is 31.9 Å². The largest absolute Gasteiger partial charge is 0.617 e. The Morgan fingerprint density at radius 3 is 1.46 bits per heavy atom. The van der Waals surface area contributed by atoms with Crippen LogP contribution >= 0.6 is 11.6 Å². The summed E-state index contributed by atoms with van der Waals surface area (Å²) in [5.41, 5.74) is 3.90. The van der Waals surface area contributed by atoms with E-state index in [1.807, 2.05) is 46.6 Å². The lowest BCUT2D eigenvalue weighted by atomic mass is 9.81. The van der Waals surface area contributed by atoms with Crippen LogP contribution in [0.2, 0.25) is 0 Å². The second-order valence-electron chi connectivity index (χ2n) is 21.1. The van der Waals surface area contributed by atoms with Gasteiger partial charge in [0, 0.05) is 5.95 Å². The van der Waals surface area contributed by atoms with Gasteiger partial charge in [-0.25, -0.2) is 22.0 Å². The van der Waals surface area contributed by atoms with Crippen LogP contribution in [0.5, 0.6) is 0 Å². The van der Waals surface area contributed by atoms with E-state index in [4.69, 9.17) is 11.6 Å². The average molecular weight is 1180 g/mol. The van der Waals surface area contributed by atoms with Gasteiger partial charge in [0.05, 0.1) is 13.0 Å². The SMILES string of the molecule is CC1C=CC=CC1.CCCC1C(F)=C(F)C(F)=C(F)C1F.CCCC1C=CC(C(C)(C)C)=CC1.CCCC1C=CC=CC1.COC([O-])=C(C)C.C[CH-]C.C[CH-]C(C)C.C[CH-]CC.C[CH-]CC(=O)OC.C[CH-]CCl.C[CH-]Cc1ccccc1. The molecule has 4 nitrogen and oxygen atoms in total. The fourth-order valence-corrected chi connectivity index (χ4v) is 6.41. The third kappa shape index (κ3) is 56.4. The third-order valence-corrected chi connectivity index (χ3v) is 11.8. The maximum absolute atomic E-state index is 13.0. The van der Waals surface area contributed by atoms with Crippen LogP contribution in [-0.2, 0) is 20.7 Å². The molecule has 0 fully saturated rings. The maximum atomic E-state index is 13.0. The maximum Gasteiger partial charge on any atom is 0.275 e. The molecule has 1 aromatic carbocycles. The van der Waals surface area contributed by atoms with Gasteiger partial charge in [0.1, 0.15) is 5.83 Å². The summed E-state index contributed by atoms with van der Waals surface area (Å²) in [5, 5.41) is 10.3. The number of ether oxygens (including phenoxy) is 2. The van der Waals surface area contributed by atoms with E-state index in [0.29, 0.717) is 29.7 Å². The summed E-state index contributed by atoms with van der Waals surface area (Å²) < 4.78 is 72.3. The van der Waals surface area contributed by atoms with Crippen molar-refractivity contribution in [2.45, 2.75) is 215 Å². The topological polar surface area (TPSA) is 58.6 Å². The van der Waals surface area contributed by atoms with E-state index >= 15 is 0 Å². The average Bonchev–Trinajstić information content (AvgIpc) is 3.47. The molecule has 0 aliphatic heterocycles. The second kappa shape index (κ2) is 62.9. The minimum Gasteiger partial charge on any atom is -0.617 e. The Morgan fingerprint density at radius 2 is 1.18 bits per heavy atom. The van der Waals surface area contributed by atoms with Gasteiger partial charge in [-0.05, 0) is 88.2 Å². The number of allylic oxidation sites excluding steroid dienone is 17.